The van der Waals surface area contributed by atoms with Crippen LogP contribution in [0, 0.1) is 5.82 Å². The molecule has 2 aromatic carbocycles. The first-order chi connectivity index (χ1) is 15.0. The minimum atomic E-state index is -3.68. The van der Waals surface area contributed by atoms with Gasteiger partial charge in [0.1, 0.15) is 29.8 Å². The number of nitrogens with zero attached hydrogens (tertiary/aromatic N) is 1. The van der Waals surface area contributed by atoms with Crippen LogP contribution in [-0.2, 0) is 28.0 Å². The van der Waals surface area contributed by atoms with Gasteiger partial charge in [0.2, 0.25) is 10.0 Å². The van der Waals surface area contributed by atoms with Crippen LogP contribution in [0.3, 0.4) is 0 Å². The SMILES string of the molecule is CC(C)(C)NS(=O)(=O)c1ccc(C(=O)OCc2csc(COc3ccc(F)cc3)n2)cc1. The van der Waals surface area contributed by atoms with Gasteiger partial charge >= 0.3 is 5.97 Å². The Morgan fingerprint density at radius 2 is 1.72 bits per heavy atom. The molecule has 0 bridgehead atoms. The molecule has 7 nitrogen and oxygen atoms in total. The lowest BCUT2D eigenvalue weighted by atomic mass is 10.1. The van der Waals surface area contributed by atoms with Gasteiger partial charge in [-0.15, -0.1) is 11.3 Å². The summed E-state index contributed by atoms with van der Waals surface area (Å²) in [6.45, 7) is 5.42. The number of carbonyl (C=O) groups excluding carboxylic acids is 1. The Morgan fingerprint density at radius 1 is 1.06 bits per heavy atom. The van der Waals surface area contributed by atoms with Crippen LogP contribution in [0.1, 0.15) is 41.8 Å². The highest BCUT2D eigenvalue weighted by Gasteiger charge is 2.22. The summed E-state index contributed by atoms with van der Waals surface area (Å²) in [7, 11) is -3.68. The lowest BCUT2D eigenvalue weighted by Crippen LogP contribution is -2.40. The Morgan fingerprint density at radius 3 is 2.34 bits per heavy atom. The fourth-order valence-electron chi connectivity index (χ4n) is 2.61. The molecule has 3 aromatic rings. The Bertz CT molecular complexity index is 1170. The second kappa shape index (κ2) is 9.76. The van der Waals surface area contributed by atoms with Gasteiger partial charge in [-0.1, -0.05) is 0 Å². The fourth-order valence-corrected chi connectivity index (χ4v) is 4.72. The Labute approximate surface area is 190 Å². The zero-order chi connectivity index (χ0) is 23.4. The van der Waals surface area contributed by atoms with Crippen molar-refractivity contribution in [2.24, 2.45) is 0 Å². The Kier molecular flexibility index (Phi) is 7.27. The maximum atomic E-state index is 12.9. The lowest BCUT2D eigenvalue weighted by molar-refractivity contribution is 0.0468. The van der Waals surface area contributed by atoms with E-state index in [9.17, 15) is 17.6 Å². The molecule has 0 aliphatic rings. The van der Waals surface area contributed by atoms with Crippen LogP contribution in [-0.4, -0.2) is 24.9 Å². The van der Waals surface area contributed by atoms with Gasteiger partial charge in [0.25, 0.3) is 0 Å². The molecule has 0 saturated carbocycles. The predicted octanol–water partition coefficient (Wildman–Crippen LogP) is 4.30. The van der Waals surface area contributed by atoms with Crippen LogP contribution >= 0.6 is 11.3 Å². The standard InChI is InChI=1S/C22H23FN2O5S2/c1-22(2,3)25-32(27,28)19-10-4-15(5-11-19)21(26)30-12-17-14-31-20(24-17)13-29-18-8-6-16(23)7-9-18/h4-11,14,25H,12-13H2,1-3H3. The number of nitrogens with one attached hydrogen (secondary N) is 1. The van der Waals surface area contributed by atoms with Crippen molar-refractivity contribution in [1.82, 2.24) is 9.71 Å². The molecule has 0 fully saturated rings. The molecule has 0 saturated heterocycles. The maximum Gasteiger partial charge on any atom is 0.338 e. The highest BCUT2D eigenvalue weighted by molar-refractivity contribution is 7.89. The molecule has 10 heteroatoms. The van der Waals surface area contributed by atoms with E-state index in [0.717, 1.165) is 0 Å². The molecule has 1 N–H and O–H groups in total. The number of halogens is 1. The van der Waals surface area contributed by atoms with Crippen molar-refractivity contribution in [1.29, 1.82) is 0 Å². The molecule has 0 radical (unpaired) electrons. The minimum absolute atomic E-state index is 0.0302. The molecule has 0 amide bonds. The molecule has 170 valence electrons. The van der Waals surface area contributed by atoms with Gasteiger partial charge in [0.15, 0.2) is 0 Å². The van der Waals surface area contributed by atoms with Gasteiger partial charge in [-0.3, -0.25) is 0 Å². The summed E-state index contributed by atoms with van der Waals surface area (Å²) in [5.74, 6) is -0.402. The second-order valence-corrected chi connectivity index (χ2v) is 10.6. The molecule has 0 atom stereocenters. The van der Waals surface area contributed by atoms with Crippen LogP contribution in [0.5, 0.6) is 5.75 Å². The number of aromatic nitrogens is 1. The van der Waals surface area contributed by atoms with Crippen LogP contribution < -0.4 is 9.46 Å². The van der Waals surface area contributed by atoms with E-state index in [4.69, 9.17) is 9.47 Å². The van der Waals surface area contributed by atoms with E-state index in [-0.39, 0.29) is 29.5 Å². The largest absolute Gasteiger partial charge is 0.486 e. The highest BCUT2D eigenvalue weighted by Crippen LogP contribution is 2.18. The van der Waals surface area contributed by atoms with Crippen molar-refractivity contribution in [2.45, 2.75) is 44.4 Å². The summed E-state index contributed by atoms with van der Waals surface area (Å²) in [6, 6.07) is 11.2. The van der Waals surface area contributed by atoms with E-state index in [1.165, 1.54) is 59.9 Å². The number of hydrogen-bond donors (Lipinski definition) is 1. The third kappa shape index (κ3) is 6.84. The molecule has 32 heavy (non-hydrogen) atoms. The summed E-state index contributed by atoms with van der Waals surface area (Å²) >= 11 is 1.35. The number of sulfonamides is 1. The molecule has 0 spiro atoms. The molecular weight excluding hydrogens is 455 g/mol. The molecule has 3 rings (SSSR count). The number of esters is 1. The summed E-state index contributed by atoms with van der Waals surface area (Å²) in [6.07, 6.45) is 0. The number of rotatable bonds is 8. The van der Waals surface area contributed by atoms with E-state index in [0.29, 0.717) is 16.5 Å². The quantitative estimate of drug-likeness (QED) is 0.485. The third-order valence-corrected chi connectivity index (χ3v) is 6.61. The molecule has 1 heterocycles. The average Bonchev–Trinajstić information content (AvgIpc) is 3.18. The number of hydrogen-bond acceptors (Lipinski definition) is 7. The normalized spacial score (nSPS) is 11.9. The Hall–Kier alpha value is -2.82. The number of benzene rings is 2. The summed E-state index contributed by atoms with van der Waals surface area (Å²) < 4.78 is 51.0. The van der Waals surface area contributed by atoms with E-state index in [1.54, 1.807) is 26.2 Å². The van der Waals surface area contributed by atoms with E-state index < -0.39 is 21.5 Å². The van der Waals surface area contributed by atoms with Gasteiger partial charge < -0.3 is 9.47 Å². The first-order valence-corrected chi connectivity index (χ1v) is 12.0. The molecular formula is C22H23FN2O5S2. The second-order valence-electron chi connectivity index (χ2n) is 7.93. The van der Waals surface area contributed by atoms with Crippen LogP contribution in [0.2, 0.25) is 0 Å². The molecule has 0 aliphatic carbocycles. The zero-order valence-corrected chi connectivity index (χ0v) is 19.4. The van der Waals surface area contributed by atoms with Crippen molar-refractivity contribution in [3.63, 3.8) is 0 Å². The first kappa shape index (κ1) is 23.8. The van der Waals surface area contributed by atoms with E-state index in [2.05, 4.69) is 9.71 Å². The van der Waals surface area contributed by atoms with Gasteiger partial charge in [-0.25, -0.2) is 27.3 Å². The van der Waals surface area contributed by atoms with Gasteiger partial charge in [-0.05, 0) is 69.3 Å². The molecule has 1 aromatic heterocycles. The first-order valence-electron chi connectivity index (χ1n) is 9.65. The van der Waals surface area contributed by atoms with Gasteiger partial charge in [-0.2, -0.15) is 0 Å². The summed E-state index contributed by atoms with van der Waals surface area (Å²) in [5.41, 5.74) is 0.178. The van der Waals surface area contributed by atoms with Crippen molar-refractivity contribution in [3.05, 3.63) is 76.0 Å². The zero-order valence-electron chi connectivity index (χ0n) is 17.8. The average molecular weight is 479 g/mol. The smallest absolute Gasteiger partial charge is 0.338 e. The van der Waals surface area contributed by atoms with Crippen LogP contribution in [0.4, 0.5) is 4.39 Å². The molecule has 0 aliphatic heterocycles. The number of thiazole rings is 1. The minimum Gasteiger partial charge on any atom is -0.486 e. The monoisotopic (exact) mass is 478 g/mol. The van der Waals surface area contributed by atoms with E-state index in [1.807, 2.05) is 0 Å². The summed E-state index contributed by atoms with van der Waals surface area (Å²) in [5, 5.41) is 2.44. The van der Waals surface area contributed by atoms with Crippen LogP contribution in [0.25, 0.3) is 0 Å². The fraction of sp³-hybridized carbons (Fsp3) is 0.273. The number of carbonyl (C=O) groups is 1. The molecule has 0 unspecified atom stereocenters. The number of ether oxygens (including phenoxy) is 2. The van der Waals surface area contributed by atoms with Gasteiger partial charge in [0, 0.05) is 10.9 Å². The predicted molar refractivity (Wildman–Crippen MR) is 118 cm³/mol. The van der Waals surface area contributed by atoms with E-state index >= 15 is 0 Å². The lowest BCUT2D eigenvalue weighted by Gasteiger charge is -2.20. The van der Waals surface area contributed by atoms with Crippen molar-refractivity contribution in [3.8, 4) is 5.75 Å². The van der Waals surface area contributed by atoms with Crippen molar-refractivity contribution in [2.75, 3.05) is 0 Å². The third-order valence-electron chi connectivity index (χ3n) is 3.97. The van der Waals surface area contributed by atoms with Crippen LogP contribution in [0.15, 0.2) is 58.8 Å². The Balaban J connectivity index is 1.53. The van der Waals surface area contributed by atoms with Gasteiger partial charge in [0.05, 0.1) is 16.2 Å². The highest BCUT2D eigenvalue weighted by atomic mass is 32.2. The van der Waals surface area contributed by atoms with Crippen molar-refractivity contribution < 1.29 is 27.1 Å². The van der Waals surface area contributed by atoms with Crippen molar-refractivity contribution >= 4 is 27.3 Å². The summed E-state index contributed by atoms with van der Waals surface area (Å²) in [4.78, 5) is 16.7. The maximum absolute atomic E-state index is 12.9. The topological polar surface area (TPSA) is 94.6 Å².